The monoisotopic (exact) mass is 321 g/mol. The van der Waals surface area contributed by atoms with E-state index in [2.05, 4.69) is 5.32 Å². The fourth-order valence-electron chi connectivity index (χ4n) is 2.15. The van der Waals surface area contributed by atoms with Crippen molar-refractivity contribution in [1.29, 1.82) is 0 Å². The fourth-order valence-corrected chi connectivity index (χ4v) is 2.15. The molecule has 2 atom stereocenters. The molecule has 1 heterocycles. The van der Waals surface area contributed by atoms with E-state index in [0.717, 1.165) is 5.39 Å². The molecule has 3 N–H and O–H groups in total. The Labute approximate surface area is 132 Å². The quantitative estimate of drug-likeness (QED) is 0.638. The van der Waals surface area contributed by atoms with Crippen molar-refractivity contribution in [3.63, 3.8) is 0 Å². The molecule has 0 radical (unpaired) electrons. The lowest BCUT2D eigenvalue weighted by atomic mass is 10.1. The first kappa shape index (κ1) is 17.0. The topological polar surface area (TPSA) is 109 Å². The molecular formula is C16H19NO6. The lowest BCUT2D eigenvalue weighted by molar-refractivity contribution is -0.121. The van der Waals surface area contributed by atoms with Crippen LogP contribution in [0.25, 0.3) is 11.0 Å². The summed E-state index contributed by atoms with van der Waals surface area (Å²) < 4.78 is 10.6. The Bertz CT molecular complexity index is 726. The molecule has 0 aliphatic rings. The van der Waals surface area contributed by atoms with Crippen LogP contribution in [0.4, 0.5) is 0 Å². The number of fused-ring (bicyclic) bond motifs is 1. The van der Waals surface area contributed by atoms with Gasteiger partial charge in [0.25, 0.3) is 0 Å². The molecule has 0 spiro atoms. The summed E-state index contributed by atoms with van der Waals surface area (Å²) in [5.41, 5.74) is -0.0202. The number of benzene rings is 1. The van der Waals surface area contributed by atoms with Gasteiger partial charge in [0.2, 0.25) is 5.91 Å². The van der Waals surface area contributed by atoms with E-state index < -0.39 is 17.8 Å². The van der Waals surface area contributed by atoms with Crippen molar-refractivity contribution in [2.75, 3.05) is 13.2 Å². The number of rotatable bonds is 7. The smallest absolute Gasteiger partial charge is 0.336 e. The van der Waals surface area contributed by atoms with Gasteiger partial charge in [-0.15, -0.1) is 0 Å². The molecule has 2 aromatic rings. The molecule has 7 heteroatoms. The molecule has 0 bridgehead atoms. The van der Waals surface area contributed by atoms with Gasteiger partial charge in [0, 0.05) is 30.9 Å². The van der Waals surface area contributed by atoms with Crippen LogP contribution in [0.2, 0.25) is 0 Å². The molecule has 1 aromatic carbocycles. The highest BCUT2D eigenvalue weighted by atomic mass is 16.5. The van der Waals surface area contributed by atoms with Gasteiger partial charge >= 0.3 is 5.63 Å². The standard InChI is InChI=1S/C16H19NO6/c1-10(19)17-13(9-18)14(20)6-7-22-12-4-2-11-3-5-16(21)23-15(11)8-12/h2-5,8,13-14,18,20H,6-7,9H2,1H3,(H,17,19)/t13?,14-/m1/s1. The minimum absolute atomic E-state index is 0.180. The maximum atomic E-state index is 11.2. The minimum atomic E-state index is -0.928. The largest absolute Gasteiger partial charge is 0.493 e. The van der Waals surface area contributed by atoms with Crippen LogP contribution in [0.5, 0.6) is 5.75 Å². The van der Waals surface area contributed by atoms with Gasteiger partial charge in [-0.3, -0.25) is 4.79 Å². The van der Waals surface area contributed by atoms with Crippen molar-refractivity contribution < 1.29 is 24.2 Å². The normalized spacial score (nSPS) is 13.5. The zero-order chi connectivity index (χ0) is 16.8. The third-order valence-electron chi connectivity index (χ3n) is 3.33. The first-order chi connectivity index (χ1) is 11.0. The zero-order valence-electron chi connectivity index (χ0n) is 12.7. The van der Waals surface area contributed by atoms with E-state index in [9.17, 15) is 14.7 Å². The maximum Gasteiger partial charge on any atom is 0.336 e. The number of nitrogens with one attached hydrogen (secondary N) is 1. The summed E-state index contributed by atoms with van der Waals surface area (Å²) in [6, 6.07) is 7.36. The Hall–Kier alpha value is -2.38. The number of aliphatic hydroxyl groups is 2. The number of amides is 1. The maximum absolute atomic E-state index is 11.2. The highest BCUT2D eigenvalue weighted by Gasteiger charge is 2.19. The van der Waals surface area contributed by atoms with Crippen LogP contribution >= 0.6 is 0 Å². The average molecular weight is 321 g/mol. The molecule has 1 amide bonds. The Balaban J connectivity index is 1.93. The van der Waals surface area contributed by atoms with Crippen molar-refractivity contribution >= 4 is 16.9 Å². The van der Waals surface area contributed by atoms with Gasteiger partial charge in [-0.05, 0) is 18.2 Å². The minimum Gasteiger partial charge on any atom is -0.493 e. The van der Waals surface area contributed by atoms with Gasteiger partial charge in [0.1, 0.15) is 11.3 Å². The Morgan fingerprint density at radius 2 is 2.09 bits per heavy atom. The molecule has 0 aliphatic carbocycles. The summed E-state index contributed by atoms with van der Waals surface area (Å²) in [6.45, 7) is 1.14. The third-order valence-corrected chi connectivity index (χ3v) is 3.33. The van der Waals surface area contributed by atoms with Gasteiger partial charge in [-0.2, -0.15) is 0 Å². The zero-order valence-corrected chi connectivity index (χ0v) is 12.7. The second-order valence-corrected chi connectivity index (χ2v) is 5.15. The number of carbonyl (C=O) groups is 1. The number of carbonyl (C=O) groups excluding carboxylic acids is 1. The molecule has 1 aromatic heterocycles. The fraction of sp³-hybridized carbons (Fsp3) is 0.375. The Morgan fingerprint density at radius 1 is 1.35 bits per heavy atom. The molecule has 0 saturated heterocycles. The highest BCUT2D eigenvalue weighted by Crippen LogP contribution is 2.19. The van der Waals surface area contributed by atoms with E-state index in [4.69, 9.17) is 14.3 Å². The summed E-state index contributed by atoms with van der Waals surface area (Å²) in [6.07, 6.45) is -0.704. The Morgan fingerprint density at radius 3 is 2.78 bits per heavy atom. The van der Waals surface area contributed by atoms with E-state index in [1.807, 2.05) is 0 Å². The summed E-state index contributed by atoms with van der Waals surface area (Å²) in [4.78, 5) is 22.2. The predicted octanol–water partition coefficient (Wildman–Crippen LogP) is 0.420. The van der Waals surface area contributed by atoms with Gasteiger partial charge < -0.3 is 24.7 Å². The van der Waals surface area contributed by atoms with Crippen molar-refractivity contribution in [2.45, 2.75) is 25.5 Å². The summed E-state index contributed by atoms with van der Waals surface area (Å²) in [5, 5.41) is 22.3. The molecule has 0 fully saturated rings. The van der Waals surface area contributed by atoms with Crippen molar-refractivity contribution in [3.05, 3.63) is 40.8 Å². The second-order valence-electron chi connectivity index (χ2n) is 5.15. The number of hydrogen-bond acceptors (Lipinski definition) is 6. The van der Waals surface area contributed by atoms with E-state index in [1.54, 1.807) is 24.3 Å². The van der Waals surface area contributed by atoms with Crippen molar-refractivity contribution in [3.8, 4) is 5.75 Å². The van der Waals surface area contributed by atoms with Crippen molar-refractivity contribution in [1.82, 2.24) is 5.32 Å². The molecule has 1 unspecified atom stereocenters. The first-order valence-corrected chi connectivity index (χ1v) is 7.22. The van der Waals surface area contributed by atoms with Gasteiger partial charge in [-0.25, -0.2) is 4.79 Å². The van der Waals surface area contributed by atoms with E-state index in [-0.39, 0.29) is 25.5 Å². The molecule has 23 heavy (non-hydrogen) atoms. The molecule has 2 rings (SSSR count). The lowest BCUT2D eigenvalue weighted by Crippen LogP contribution is -2.45. The summed E-state index contributed by atoms with van der Waals surface area (Å²) in [5.74, 6) is 0.174. The SMILES string of the molecule is CC(=O)NC(CO)[C@H](O)CCOc1ccc2ccc(=O)oc2c1. The highest BCUT2D eigenvalue weighted by molar-refractivity contribution is 5.77. The summed E-state index contributed by atoms with van der Waals surface area (Å²) in [7, 11) is 0. The van der Waals surface area contributed by atoms with Gasteiger partial charge in [-0.1, -0.05) is 0 Å². The van der Waals surface area contributed by atoms with Gasteiger partial charge in [0.15, 0.2) is 0 Å². The lowest BCUT2D eigenvalue weighted by Gasteiger charge is -2.21. The molecule has 7 nitrogen and oxygen atoms in total. The molecule has 0 saturated carbocycles. The molecule has 124 valence electrons. The average Bonchev–Trinajstić information content (AvgIpc) is 2.51. The van der Waals surface area contributed by atoms with Crippen molar-refractivity contribution in [2.24, 2.45) is 0 Å². The second kappa shape index (κ2) is 7.75. The van der Waals surface area contributed by atoms with Crippen LogP contribution in [0.3, 0.4) is 0 Å². The third kappa shape index (κ3) is 4.80. The Kier molecular flexibility index (Phi) is 5.72. The van der Waals surface area contributed by atoms with Crippen LogP contribution in [0, 0.1) is 0 Å². The van der Waals surface area contributed by atoms with Crippen LogP contribution < -0.4 is 15.7 Å². The van der Waals surface area contributed by atoms with E-state index in [0.29, 0.717) is 11.3 Å². The van der Waals surface area contributed by atoms with E-state index in [1.165, 1.54) is 13.0 Å². The number of ether oxygens (including phenoxy) is 1. The summed E-state index contributed by atoms with van der Waals surface area (Å²) >= 11 is 0. The van der Waals surface area contributed by atoms with Crippen LogP contribution in [0.15, 0.2) is 39.5 Å². The number of aliphatic hydroxyl groups excluding tert-OH is 2. The van der Waals surface area contributed by atoms with Crippen LogP contribution in [0.1, 0.15) is 13.3 Å². The first-order valence-electron chi connectivity index (χ1n) is 7.22. The predicted molar refractivity (Wildman–Crippen MR) is 83.3 cm³/mol. The van der Waals surface area contributed by atoms with Gasteiger partial charge in [0.05, 0.1) is 25.4 Å². The van der Waals surface area contributed by atoms with E-state index >= 15 is 0 Å². The van der Waals surface area contributed by atoms with Crippen LogP contribution in [-0.4, -0.2) is 41.5 Å². The molecular weight excluding hydrogens is 302 g/mol. The number of hydrogen-bond donors (Lipinski definition) is 3. The van der Waals surface area contributed by atoms with Crippen LogP contribution in [-0.2, 0) is 4.79 Å². The molecule has 0 aliphatic heterocycles.